The third-order valence-corrected chi connectivity index (χ3v) is 7.72. The summed E-state index contributed by atoms with van der Waals surface area (Å²) in [7, 11) is 0. The molecule has 1 aliphatic rings. The van der Waals surface area contributed by atoms with E-state index < -0.39 is 144 Å². The first kappa shape index (κ1) is 52.7. The van der Waals surface area contributed by atoms with E-state index in [1.165, 1.54) is 0 Å². The van der Waals surface area contributed by atoms with Gasteiger partial charge in [0.2, 0.25) is 0 Å². The molecule has 2 amide bonds. The zero-order chi connectivity index (χ0) is 47.3. The van der Waals surface area contributed by atoms with Gasteiger partial charge in [0.25, 0.3) is 11.8 Å². The van der Waals surface area contributed by atoms with Crippen LogP contribution in [0.25, 0.3) is 0 Å². The maximum atomic E-state index is 14.3. The lowest BCUT2D eigenvalue weighted by atomic mass is 9.88. The van der Waals surface area contributed by atoms with Crippen molar-refractivity contribution in [1.29, 1.82) is 0 Å². The number of amides is 2. The number of alkyl halides is 32. The summed E-state index contributed by atoms with van der Waals surface area (Å²) in [6, 6.07) is 0. The summed E-state index contributed by atoms with van der Waals surface area (Å²) < 4.78 is 432. The first-order valence-electron chi connectivity index (χ1n) is 13.4. The van der Waals surface area contributed by atoms with Crippen molar-refractivity contribution in [3.05, 3.63) is 0 Å². The number of piperazine rings is 1. The Morgan fingerprint density at radius 2 is 0.448 bits per heavy atom. The molecule has 0 aliphatic carbocycles. The van der Waals surface area contributed by atoms with Gasteiger partial charge in [0.15, 0.2) is 0 Å². The summed E-state index contributed by atoms with van der Waals surface area (Å²) in [6.45, 7) is -9.69. The molecule has 0 aromatic carbocycles. The van der Waals surface area contributed by atoms with Crippen LogP contribution in [0.4, 0.5) is 140 Å². The Bertz CT molecular complexity index is 1410. The SMILES string of the molecule is O=C(N1CCN(C(=O)C(F)(F)C(F)(F)C(F)(F)C(F)(F)C(F)(F)C(F)(F)C(F)(F)C(F)F)CC1)C(F)(F)C(F)(F)C(F)(F)C(F)(F)C(F)(F)C(F)(F)C(F)(F)C(F)F. The van der Waals surface area contributed by atoms with Gasteiger partial charge in [-0.25, -0.2) is 17.6 Å². The van der Waals surface area contributed by atoms with Gasteiger partial charge in [0.05, 0.1) is 0 Å². The first-order valence-corrected chi connectivity index (χ1v) is 13.4. The van der Waals surface area contributed by atoms with Gasteiger partial charge in [-0.2, -0.15) is 123 Å². The van der Waals surface area contributed by atoms with E-state index in [1.807, 2.05) is 0 Å². The van der Waals surface area contributed by atoms with Crippen molar-refractivity contribution in [2.75, 3.05) is 26.2 Å². The standard InChI is InChI=1S/C22H10F32N2O2/c23-5(24)9(27,28)13(35,36)17(43,44)21(51,52)19(47,48)15(39,40)11(31,32)7(57)55-1-2-56(4-3-55)8(58)12(33,34)16(41,42)20(49,50)22(53,54)18(45,46)14(37,38)10(29,30)6(25)26/h5-6H,1-4H2. The van der Waals surface area contributed by atoms with Crippen LogP contribution < -0.4 is 0 Å². The highest BCUT2D eigenvalue weighted by molar-refractivity contribution is 5.87. The van der Waals surface area contributed by atoms with Crippen LogP contribution in [0.5, 0.6) is 0 Å². The molecule has 1 saturated heterocycles. The molecule has 0 atom stereocenters. The smallest absolute Gasteiger partial charge is 0.334 e. The largest absolute Gasteiger partial charge is 0.392 e. The first-order chi connectivity index (χ1) is 24.9. The zero-order valence-electron chi connectivity index (χ0n) is 25.8. The molecule has 1 fully saturated rings. The number of carbonyl (C=O) groups excluding carboxylic acids is 2. The van der Waals surface area contributed by atoms with E-state index in [2.05, 4.69) is 0 Å². The quantitative estimate of drug-likeness (QED) is 0.145. The second kappa shape index (κ2) is 14.1. The fourth-order valence-corrected chi connectivity index (χ4v) is 4.05. The average Bonchev–Trinajstić information content (AvgIpc) is 3.06. The Labute approximate surface area is 295 Å². The minimum atomic E-state index is -9.03. The third kappa shape index (κ3) is 6.55. The van der Waals surface area contributed by atoms with Crippen LogP contribution in [-0.2, 0) is 9.59 Å². The summed E-state index contributed by atoms with van der Waals surface area (Å²) in [4.78, 5) is 21.1. The maximum absolute atomic E-state index is 14.3. The summed E-state index contributed by atoms with van der Waals surface area (Å²) >= 11 is 0. The van der Waals surface area contributed by atoms with Gasteiger partial charge in [-0.15, -0.1) is 0 Å². The fourth-order valence-electron chi connectivity index (χ4n) is 4.05. The van der Waals surface area contributed by atoms with Crippen molar-refractivity contribution in [1.82, 2.24) is 9.80 Å². The van der Waals surface area contributed by atoms with Crippen molar-refractivity contribution in [2.24, 2.45) is 0 Å². The minimum Gasteiger partial charge on any atom is -0.334 e. The highest BCUT2D eigenvalue weighted by atomic mass is 19.4. The molecule has 0 bridgehead atoms. The molecular formula is C22H10F32N2O2. The minimum absolute atomic E-state index is 1.31. The number of rotatable bonds is 16. The molecular weight excluding hydrogens is 932 g/mol. The average molecular weight is 942 g/mol. The van der Waals surface area contributed by atoms with Crippen LogP contribution in [0, 0.1) is 0 Å². The molecule has 1 aliphatic heterocycles. The number of carbonyl (C=O) groups is 2. The van der Waals surface area contributed by atoms with E-state index >= 15 is 0 Å². The fraction of sp³-hybridized carbons (Fsp3) is 0.909. The highest BCUT2D eigenvalue weighted by Gasteiger charge is 2.96. The van der Waals surface area contributed by atoms with Crippen LogP contribution in [0.2, 0.25) is 0 Å². The van der Waals surface area contributed by atoms with Crippen molar-refractivity contribution < 1.29 is 150 Å². The monoisotopic (exact) mass is 942 g/mol. The van der Waals surface area contributed by atoms with Crippen LogP contribution >= 0.6 is 0 Å². The predicted molar refractivity (Wildman–Crippen MR) is 114 cm³/mol. The Morgan fingerprint density at radius 3 is 0.621 bits per heavy atom. The van der Waals surface area contributed by atoms with Crippen molar-refractivity contribution in [3.8, 4) is 0 Å². The van der Waals surface area contributed by atoms with Crippen molar-refractivity contribution in [3.63, 3.8) is 0 Å². The number of halogens is 32. The Morgan fingerprint density at radius 1 is 0.293 bits per heavy atom. The van der Waals surface area contributed by atoms with Crippen molar-refractivity contribution >= 4 is 11.8 Å². The van der Waals surface area contributed by atoms with E-state index in [4.69, 9.17) is 0 Å². The van der Waals surface area contributed by atoms with Gasteiger partial charge in [0.1, 0.15) is 0 Å². The van der Waals surface area contributed by atoms with Crippen LogP contribution in [0.3, 0.4) is 0 Å². The third-order valence-electron chi connectivity index (χ3n) is 7.72. The van der Waals surface area contributed by atoms with Gasteiger partial charge in [-0.3, -0.25) is 9.59 Å². The molecule has 4 nitrogen and oxygen atoms in total. The molecule has 0 N–H and O–H groups in total. The van der Waals surface area contributed by atoms with E-state index in [9.17, 15) is 150 Å². The molecule has 0 aromatic rings. The Kier molecular flexibility index (Phi) is 12.9. The summed E-state index contributed by atoms with van der Waals surface area (Å²) in [5.74, 6) is -128. The number of nitrogens with zero attached hydrogens (tertiary/aromatic N) is 2. The van der Waals surface area contributed by atoms with E-state index in [1.54, 1.807) is 0 Å². The normalized spacial score (nSPS) is 17.8. The summed E-state index contributed by atoms with van der Waals surface area (Å²) in [5.41, 5.74) is 0. The van der Waals surface area contributed by atoms with Gasteiger partial charge >= 0.3 is 95.8 Å². The number of hydrogen-bond donors (Lipinski definition) is 0. The molecule has 344 valence electrons. The van der Waals surface area contributed by atoms with Gasteiger partial charge in [-0.1, -0.05) is 0 Å². The Hall–Kier alpha value is -3.30. The topological polar surface area (TPSA) is 40.6 Å². The molecule has 0 aromatic heterocycles. The molecule has 0 radical (unpaired) electrons. The van der Waals surface area contributed by atoms with E-state index in [0.29, 0.717) is 0 Å². The van der Waals surface area contributed by atoms with E-state index in [-0.39, 0.29) is 0 Å². The lowest BCUT2D eigenvalue weighted by molar-refractivity contribution is -0.444. The molecule has 1 rings (SSSR count). The maximum Gasteiger partial charge on any atom is 0.392 e. The van der Waals surface area contributed by atoms with Gasteiger partial charge < -0.3 is 9.80 Å². The summed E-state index contributed by atoms with van der Waals surface area (Å²) in [6.07, 6.45) is -12.4. The molecule has 0 unspecified atom stereocenters. The lowest BCUT2D eigenvalue weighted by Gasteiger charge is -2.44. The van der Waals surface area contributed by atoms with Crippen LogP contribution in [-0.4, -0.2) is 144 Å². The molecule has 36 heteroatoms. The molecule has 58 heavy (non-hydrogen) atoms. The van der Waals surface area contributed by atoms with Crippen molar-refractivity contribution in [2.45, 2.75) is 95.8 Å². The molecule has 1 heterocycles. The second-order valence-electron chi connectivity index (χ2n) is 11.3. The van der Waals surface area contributed by atoms with Crippen LogP contribution in [0.1, 0.15) is 0 Å². The predicted octanol–water partition coefficient (Wildman–Crippen LogP) is 9.08. The molecule has 0 saturated carbocycles. The van der Waals surface area contributed by atoms with Gasteiger partial charge in [0, 0.05) is 26.2 Å². The second-order valence-corrected chi connectivity index (χ2v) is 11.3. The Balaban J connectivity index is 3.51. The zero-order valence-corrected chi connectivity index (χ0v) is 25.8. The van der Waals surface area contributed by atoms with Crippen LogP contribution in [0.15, 0.2) is 0 Å². The molecule has 0 spiro atoms. The lowest BCUT2D eigenvalue weighted by Crippen LogP contribution is -2.75. The number of hydrogen-bond acceptors (Lipinski definition) is 2. The summed E-state index contributed by atoms with van der Waals surface area (Å²) in [5, 5.41) is 0. The highest BCUT2D eigenvalue weighted by Crippen LogP contribution is 2.65. The van der Waals surface area contributed by atoms with Gasteiger partial charge in [-0.05, 0) is 0 Å². The van der Waals surface area contributed by atoms with E-state index in [0.717, 1.165) is 0 Å².